The van der Waals surface area contributed by atoms with E-state index in [2.05, 4.69) is 0 Å². The number of hydrogen-bond donors (Lipinski definition) is 0. The van der Waals surface area contributed by atoms with Gasteiger partial charge in [-0.05, 0) is 47.8 Å². The van der Waals surface area contributed by atoms with Gasteiger partial charge in [0.15, 0.2) is 0 Å². The van der Waals surface area contributed by atoms with Crippen LogP contribution in [0, 0.1) is 0 Å². The number of carbonyl (C=O) groups excluding carboxylic acids is 1. The van der Waals surface area contributed by atoms with Crippen molar-refractivity contribution in [3.05, 3.63) is 70.8 Å². The zero-order valence-electron chi connectivity index (χ0n) is 13.0. The minimum Gasteiger partial charge on any atom is -0.423 e. The predicted molar refractivity (Wildman–Crippen MR) is 105 cm³/mol. The van der Waals surface area contributed by atoms with Crippen LogP contribution in [0.25, 0.3) is 6.08 Å². The average Bonchev–Trinajstić information content (AvgIpc) is 2.63. The fraction of sp³-hybridized carbons (Fsp3) is 0.211. The van der Waals surface area contributed by atoms with E-state index in [-0.39, 0.29) is 10.6 Å². The topological polar surface area (TPSA) is 26.3 Å². The molecule has 124 valence electrons. The van der Waals surface area contributed by atoms with Crippen LogP contribution in [0.1, 0.15) is 22.1 Å². The molecule has 0 saturated carbocycles. The molecule has 0 unspecified atom stereocenters. The summed E-state index contributed by atoms with van der Waals surface area (Å²) < 4.78 is 5.83. The Labute approximate surface area is 155 Å². The van der Waals surface area contributed by atoms with Crippen molar-refractivity contribution in [1.29, 1.82) is 0 Å². The molecule has 2 aromatic carbocycles. The molecule has 1 heterocycles. The second-order valence-electron chi connectivity index (χ2n) is 5.27. The molecule has 0 atom stereocenters. The zero-order chi connectivity index (χ0) is 16.8. The molecule has 0 radical (unpaired) electrons. The van der Waals surface area contributed by atoms with Gasteiger partial charge in [-0.2, -0.15) is 0 Å². The summed E-state index contributed by atoms with van der Waals surface area (Å²) in [6, 6.07) is 15.1. The summed E-state index contributed by atoms with van der Waals surface area (Å²) >= 11 is 9.88. The van der Waals surface area contributed by atoms with Crippen LogP contribution in [0.4, 0.5) is 0 Å². The summed E-state index contributed by atoms with van der Waals surface area (Å²) in [6.07, 6.45) is 4.41. The van der Waals surface area contributed by atoms with Gasteiger partial charge in [0.1, 0.15) is 5.75 Å². The second kappa shape index (κ2) is 8.65. The van der Waals surface area contributed by atoms with Gasteiger partial charge >= 0.3 is 5.97 Å². The number of esters is 1. The highest BCUT2D eigenvalue weighted by Gasteiger charge is 2.21. The smallest absolute Gasteiger partial charge is 0.336 e. The molecule has 1 fully saturated rings. The van der Waals surface area contributed by atoms with Gasteiger partial charge in [0.25, 0.3) is 0 Å². The van der Waals surface area contributed by atoms with Crippen molar-refractivity contribution >= 4 is 47.2 Å². The first-order valence-electron chi connectivity index (χ1n) is 7.70. The second-order valence-corrected chi connectivity index (χ2v) is 8.44. The predicted octanol–water partition coefficient (Wildman–Crippen LogP) is 5.83. The lowest BCUT2D eigenvalue weighted by molar-refractivity contribution is -0.128. The van der Waals surface area contributed by atoms with Crippen LogP contribution in [0.2, 0.25) is 5.02 Å². The van der Waals surface area contributed by atoms with Crippen LogP contribution in [-0.4, -0.2) is 17.5 Å². The van der Waals surface area contributed by atoms with Crippen LogP contribution in [-0.2, 0) is 4.79 Å². The highest BCUT2D eigenvalue weighted by molar-refractivity contribution is 8.16. The molecule has 1 aliphatic rings. The molecule has 5 heteroatoms. The van der Waals surface area contributed by atoms with Gasteiger partial charge in [0.2, 0.25) is 0 Å². The molecule has 0 aromatic heterocycles. The maximum Gasteiger partial charge on any atom is 0.336 e. The van der Waals surface area contributed by atoms with Gasteiger partial charge in [-0.3, -0.25) is 0 Å². The van der Waals surface area contributed by atoms with Gasteiger partial charge in [-0.15, -0.1) is 23.5 Å². The monoisotopic (exact) mass is 376 g/mol. The lowest BCUT2D eigenvalue weighted by atomic mass is 10.2. The van der Waals surface area contributed by atoms with Crippen molar-refractivity contribution in [3.63, 3.8) is 0 Å². The number of carbonyl (C=O) groups is 1. The molecule has 1 saturated heterocycles. The fourth-order valence-electron chi connectivity index (χ4n) is 2.33. The van der Waals surface area contributed by atoms with Crippen molar-refractivity contribution in [2.24, 2.45) is 0 Å². The number of halogens is 1. The van der Waals surface area contributed by atoms with E-state index in [0.717, 1.165) is 22.6 Å². The summed E-state index contributed by atoms with van der Waals surface area (Å²) in [4.78, 5) is 12.2. The Balaban J connectivity index is 1.74. The summed E-state index contributed by atoms with van der Waals surface area (Å²) in [5.74, 6) is 2.44. The van der Waals surface area contributed by atoms with Gasteiger partial charge in [0.05, 0.1) is 4.58 Å². The van der Waals surface area contributed by atoms with E-state index >= 15 is 0 Å². The van der Waals surface area contributed by atoms with Gasteiger partial charge in [-0.1, -0.05) is 41.9 Å². The van der Waals surface area contributed by atoms with Crippen molar-refractivity contribution in [2.75, 3.05) is 11.5 Å². The van der Waals surface area contributed by atoms with Crippen molar-refractivity contribution in [3.8, 4) is 5.75 Å². The Kier molecular flexibility index (Phi) is 6.30. The quantitative estimate of drug-likeness (QED) is 0.381. The van der Waals surface area contributed by atoms with E-state index < -0.39 is 0 Å². The minimum atomic E-state index is -0.381. The third-order valence-corrected chi connectivity index (χ3v) is 6.69. The molecule has 2 nitrogen and oxygen atoms in total. The molecule has 0 amide bonds. The Morgan fingerprint density at radius 2 is 1.88 bits per heavy atom. The van der Waals surface area contributed by atoms with Crippen molar-refractivity contribution in [2.45, 2.75) is 11.0 Å². The lowest BCUT2D eigenvalue weighted by Gasteiger charge is -2.23. The Bertz CT molecular complexity index is 725. The molecular formula is C19H17ClO2S2. The SMILES string of the molecule is O=C(C=Cc1ccccc1)Oc1ccc(Cl)cc1C1SCCCS1. The summed E-state index contributed by atoms with van der Waals surface area (Å²) in [6.45, 7) is 0. The third-order valence-electron chi connectivity index (χ3n) is 3.47. The fourth-order valence-corrected chi connectivity index (χ4v) is 5.44. The maximum absolute atomic E-state index is 12.2. The maximum atomic E-state index is 12.2. The van der Waals surface area contributed by atoms with E-state index in [0.29, 0.717) is 10.8 Å². The minimum absolute atomic E-state index is 0.262. The summed E-state index contributed by atoms with van der Waals surface area (Å²) in [7, 11) is 0. The molecule has 3 rings (SSSR count). The number of rotatable bonds is 4. The summed E-state index contributed by atoms with van der Waals surface area (Å²) in [5, 5.41) is 0.663. The normalized spacial score (nSPS) is 15.5. The van der Waals surface area contributed by atoms with Crippen LogP contribution in [0.15, 0.2) is 54.6 Å². The molecule has 0 bridgehead atoms. The van der Waals surface area contributed by atoms with E-state index in [9.17, 15) is 4.79 Å². The number of hydrogen-bond acceptors (Lipinski definition) is 4. The Hall–Kier alpha value is -1.36. The van der Waals surface area contributed by atoms with Gasteiger partial charge < -0.3 is 4.74 Å². The van der Waals surface area contributed by atoms with Crippen molar-refractivity contribution < 1.29 is 9.53 Å². The van der Waals surface area contributed by atoms with E-state index in [1.807, 2.05) is 59.9 Å². The molecule has 0 spiro atoms. The van der Waals surface area contributed by atoms with E-state index in [1.165, 1.54) is 12.5 Å². The van der Waals surface area contributed by atoms with Crippen LogP contribution in [0.5, 0.6) is 5.75 Å². The molecule has 24 heavy (non-hydrogen) atoms. The van der Waals surface area contributed by atoms with Crippen LogP contribution < -0.4 is 4.74 Å². The first-order valence-corrected chi connectivity index (χ1v) is 10.2. The number of thioether (sulfide) groups is 2. The zero-order valence-corrected chi connectivity index (χ0v) is 15.4. The highest BCUT2D eigenvalue weighted by atomic mass is 35.5. The first kappa shape index (κ1) is 17.5. The molecular weight excluding hydrogens is 360 g/mol. The van der Waals surface area contributed by atoms with Crippen molar-refractivity contribution in [1.82, 2.24) is 0 Å². The number of ether oxygens (including phenoxy) is 1. The standard InChI is InChI=1S/C19H17ClO2S2/c20-15-8-9-17(16(13-15)19-23-11-4-12-24-19)22-18(21)10-7-14-5-2-1-3-6-14/h1-3,5-10,13,19H,4,11-12H2. The number of benzene rings is 2. The van der Waals surface area contributed by atoms with E-state index in [4.69, 9.17) is 16.3 Å². The molecule has 2 aromatic rings. The third kappa shape index (κ3) is 4.82. The Morgan fingerprint density at radius 3 is 2.62 bits per heavy atom. The Morgan fingerprint density at radius 1 is 1.12 bits per heavy atom. The highest BCUT2D eigenvalue weighted by Crippen LogP contribution is 2.47. The largest absolute Gasteiger partial charge is 0.423 e. The lowest BCUT2D eigenvalue weighted by Crippen LogP contribution is -2.08. The van der Waals surface area contributed by atoms with Crippen LogP contribution >= 0.6 is 35.1 Å². The summed E-state index contributed by atoms with van der Waals surface area (Å²) in [5.41, 5.74) is 1.95. The van der Waals surface area contributed by atoms with Gasteiger partial charge in [0, 0.05) is 16.7 Å². The van der Waals surface area contributed by atoms with Gasteiger partial charge in [-0.25, -0.2) is 4.79 Å². The molecule has 1 aliphatic heterocycles. The average molecular weight is 377 g/mol. The first-order chi connectivity index (χ1) is 11.7. The van der Waals surface area contributed by atoms with Crippen LogP contribution in [0.3, 0.4) is 0 Å². The van der Waals surface area contributed by atoms with E-state index in [1.54, 1.807) is 18.2 Å². The molecule has 0 N–H and O–H groups in total. The molecule has 0 aliphatic carbocycles.